The molecule has 6 nitrogen and oxygen atoms in total. The molecule has 2 aliphatic rings. The molecule has 2 saturated heterocycles. The number of likely N-dealkylation sites (tertiary alicyclic amines) is 1. The van der Waals surface area contributed by atoms with E-state index in [0.29, 0.717) is 24.6 Å². The van der Waals surface area contributed by atoms with E-state index in [9.17, 15) is 8.42 Å². The fourth-order valence-corrected chi connectivity index (χ4v) is 3.84. The molecule has 8 heteroatoms. The van der Waals surface area contributed by atoms with Crippen molar-refractivity contribution in [2.24, 2.45) is 4.99 Å². The zero-order chi connectivity index (χ0) is 13.7. The largest absolute Gasteiger partial charge is 0.355 e. The monoisotopic (exact) mass is 416 g/mol. The predicted octanol–water partition coefficient (Wildman–Crippen LogP) is 0.00600. The topological polar surface area (TPSA) is 65.0 Å². The Morgan fingerprint density at radius 3 is 2.30 bits per heavy atom. The van der Waals surface area contributed by atoms with Gasteiger partial charge in [0.1, 0.15) is 0 Å². The average Bonchev–Trinajstić information content (AvgIpc) is 2.90. The minimum Gasteiger partial charge on any atom is -0.355 e. The van der Waals surface area contributed by atoms with Gasteiger partial charge in [-0.15, -0.1) is 24.0 Å². The number of guanidine groups is 1. The Labute approximate surface area is 138 Å². The lowest BCUT2D eigenvalue weighted by molar-refractivity contribution is 0.298. The first-order valence-corrected chi connectivity index (χ1v) is 8.81. The van der Waals surface area contributed by atoms with Crippen LogP contribution in [0.15, 0.2) is 4.99 Å². The molecular weight excluding hydrogens is 391 g/mol. The van der Waals surface area contributed by atoms with Crippen molar-refractivity contribution < 1.29 is 8.42 Å². The van der Waals surface area contributed by atoms with E-state index >= 15 is 0 Å². The highest BCUT2D eigenvalue weighted by Crippen LogP contribution is 2.07. The molecule has 118 valence electrons. The van der Waals surface area contributed by atoms with Gasteiger partial charge in [0, 0.05) is 46.3 Å². The Morgan fingerprint density at radius 2 is 1.75 bits per heavy atom. The number of hydrogen-bond acceptors (Lipinski definition) is 4. The van der Waals surface area contributed by atoms with Crippen LogP contribution in [0, 0.1) is 0 Å². The van der Waals surface area contributed by atoms with Crippen LogP contribution in [0.3, 0.4) is 0 Å². The highest BCUT2D eigenvalue weighted by molar-refractivity contribution is 14.0. The Hall–Kier alpha value is -0.0900. The van der Waals surface area contributed by atoms with Gasteiger partial charge in [-0.3, -0.25) is 9.89 Å². The molecule has 20 heavy (non-hydrogen) atoms. The summed E-state index contributed by atoms with van der Waals surface area (Å²) < 4.78 is 22.7. The standard InChI is InChI=1S/C12H24N4O2S.HI/c1-13-12(16-5-2-3-6-16)14-4-7-15-8-10-19(17,18)11-9-15;/h2-11H2,1H3,(H,13,14);1H. The summed E-state index contributed by atoms with van der Waals surface area (Å²) in [5, 5.41) is 3.36. The summed E-state index contributed by atoms with van der Waals surface area (Å²) in [6, 6.07) is 0. The summed E-state index contributed by atoms with van der Waals surface area (Å²) in [7, 11) is -0.955. The zero-order valence-corrected chi connectivity index (χ0v) is 15.2. The Balaban J connectivity index is 0.00000200. The molecule has 0 radical (unpaired) electrons. The maximum atomic E-state index is 11.3. The molecule has 2 heterocycles. The summed E-state index contributed by atoms with van der Waals surface area (Å²) in [6.45, 7) is 5.19. The minimum atomic E-state index is -2.77. The van der Waals surface area contributed by atoms with E-state index in [1.54, 1.807) is 0 Å². The summed E-state index contributed by atoms with van der Waals surface area (Å²) in [5.41, 5.74) is 0. The van der Waals surface area contributed by atoms with Gasteiger partial charge in [0.25, 0.3) is 0 Å². The maximum absolute atomic E-state index is 11.3. The van der Waals surface area contributed by atoms with E-state index in [-0.39, 0.29) is 24.0 Å². The van der Waals surface area contributed by atoms with Gasteiger partial charge in [0.05, 0.1) is 11.5 Å². The number of rotatable bonds is 3. The molecule has 0 saturated carbocycles. The van der Waals surface area contributed by atoms with Crippen molar-refractivity contribution >= 4 is 39.8 Å². The second kappa shape index (κ2) is 8.38. The van der Waals surface area contributed by atoms with Crippen molar-refractivity contribution in [1.29, 1.82) is 0 Å². The van der Waals surface area contributed by atoms with Gasteiger partial charge in [-0.1, -0.05) is 0 Å². The first kappa shape index (κ1) is 18.0. The molecule has 0 bridgehead atoms. The second-order valence-electron chi connectivity index (χ2n) is 5.16. The molecule has 0 aromatic heterocycles. The number of aliphatic imine (C=N–C) groups is 1. The van der Waals surface area contributed by atoms with Gasteiger partial charge in [0.15, 0.2) is 15.8 Å². The van der Waals surface area contributed by atoms with Gasteiger partial charge < -0.3 is 10.2 Å². The summed E-state index contributed by atoms with van der Waals surface area (Å²) >= 11 is 0. The number of hydrogen-bond donors (Lipinski definition) is 1. The Bertz CT molecular complexity index is 407. The van der Waals surface area contributed by atoms with E-state index in [0.717, 1.165) is 32.1 Å². The normalized spacial score (nSPS) is 23.4. The van der Waals surface area contributed by atoms with Crippen molar-refractivity contribution in [3.63, 3.8) is 0 Å². The molecule has 2 fully saturated rings. The first-order valence-electron chi connectivity index (χ1n) is 6.99. The fourth-order valence-electron chi connectivity index (χ4n) is 2.56. The molecule has 0 spiro atoms. The van der Waals surface area contributed by atoms with Gasteiger partial charge in [-0.05, 0) is 12.8 Å². The van der Waals surface area contributed by atoms with E-state index in [1.165, 1.54) is 12.8 Å². The van der Waals surface area contributed by atoms with Crippen molar-refractivity contribution in [2.45, 2.75) is 12.8 Å². The van der Waals surface area contributed by atoms with Crippen LogP contribution in [0.1, 0.15) is 12.8 Å². The Morgan fingerprint density at radius 1 is 1.15 bits per heavy atom. The molecule has 2 rings (SSSR count). The second-order valence-corrected chi connectivity index (χ2v) is 7.47. The predicted molar refractivity (Wildman–Crippen MR) is 92.7 cm³/mol. The van der Waals surface area contributed by atoms with Crippen molar-refractivity contribution in [2.75, 3.05) is 57.8 Å². The third kappa shape index (κ3) is 5.36. The molecule has 0 unspecified atom stereocenters. The van der Waals surface area contributed by atoms with Crippen molar-refractivity contribution in [3.8, 4) is 0 Å². The number of sulfone groups is 1. The molecular formula is C12H25IN4O2S. The summed E-state index contributed by atoms with van der Waals surface area (Å²) in [6.07, 6.45) is 2.48. The zero-order valence-electron chi connectivity index (χ0n) is 12.0. The SMILES string of the molecule is CN=C(NCCN1CCS(=O)(=O)CC1)N1CCCC1.I. The van der Waals surface area contributed by atoms with Gasteiger partial charge >= 0.3 is 0 Å². The fraction of sp³-hybridized carbons (Fsp3) is 0.917. The molecule has 0 aromatic carbocycles. The first-order chi connectivity index (χ1) is 9.11. The van der Waals surface area contributed by atoms with E-state index in [2.05, 4.69) is 20.1 Å². The lowest BCUT2D eigenvalue weighted by Gasteiger charge is -2.27. The van der Waals surface area contributed by atoms with Crippen molar-refractivity contribution in [1.82, 2.24) is 15.1 Å². The molecule has 0 aliphatic carbocycles. The van der Waals surface area contributed by atoms with Crippen molar-refractivity contribution in [3.05, 3.63) is 0 Å². The van der Waals surface area contributed by atoms with Crippen LogP contribution in [0.5, 0.6) is 0 Å². The van der Waals surface area contributed by atoms with Crippen LogP contribution >= 0.6 is 24.0 Å². The van der Waals surface area contributed by atoms with E-state index < -0.39 is 9.84 Å². The van der Waals surface area contributed by atoms with E-state index in [1.807, 2.05) is 7.05 Å². The lowest BCUT2D eigenvalue weighted by Crippen LogP contribution is -2.46. The number of halogens is 1. The molecule has 0 aromatic rings. The molecule has 1 N–H and O–H groups in total. The minimum absolute atomic E-state index is 0. The lowest BCUT2D eigenvalue weighted by atomic mass is 10.4. The van der Waals surface area contributed by atoms with Gasteiger partial charge in [-0.25, -0.2) is 8.42 Å². The smallest absolute Gasteiger partial charge is 0.193 e. The molecule has 0 atom stereocenters. The van der Waals surface area contributed by atoms with Crippen LogP contribution in [-0.4, -0.2) is 82.0 Å². The number of nitrogens with zero attached hydrogens (tertiary/aromatic N) is 3. The highest BCUT2D eigenvalue weighted by Gasteiger charge is 2.21. The third-order valence-electron chi connectivity index (χ3n) is 3.77. The van der Waals surface area contributed by atoms with Crippen LogP contribution in [-0.2, 0) is 9.84 Å². The Kier molecular flexibility index (Phi) is 7.52. The van der Waals surface area contributed by atoms with Crippen LogP contribution in [0.25, 0.3) is 0 Å². The summed E-state index contributed by atoms with van der Waals surface area (Å²) in [4.78, 5) is 8.77. The molecule has 2 aliphatic heterocycles. The molecule has 0 amide bonds. The quantitative estimate of drug-likeness (QED) is 0.399. The average molecular weight is 416 g/mol. The van der Waals surface area contributed by atoms with Crippen LogP contribution in [0.2, 0.25) is 0 Å². The van der Waals surface area contributed by atoms with Gasteiger partial charge in [-0.2, -0.15) is 0 Å². The van der Waals surface area contributed by atoms with Crippen LogP contribution < -0.4 is 5.32 Å². The third-order valence-corrected chi connectivity index (χ3v) is 5.37. The van der Waals surface area contributed by atoms with Crippen LogP contribution in [0.4, 0.5) is 0 Å². The summed E-state index contributed by atoms with van der Waals surface area (Å²) in [5.74, 6) is 1.57. The van der Waals surface area contributed by atoms with Gasteiger partial charge in [0.2, 0.25) is 0 Å². The van der Waals surface area contributed by atoms with E-state index in [4.69, 9.17) is 0 Å². The highest BCUT2D eigenvalue weighted by atomic mass is 127. The number of nitrogens with one attached hydrogen (secondary N) is 1. The maximum Gasteiger partial charge on any atom is 0.193 e.